The van der Waals surface area contributed by atoms with E-state index in [1.165, 1.54) is 6.92 Å². The second-order valence-corrected chi connectivity index (χ2v) is 7.56. The Morgan fingerprint density at radius 1 is 1.33 bits per heavy atom. The minimum atomic E-state index is -0.575. The Morgan fingerprint density at radius 3 is 2.52 bits per heavy atom. The van der Waals surface area contributed by atoms with Crippen LogP contribution in [0.3, 0.4) is 0 Å². The zero-order chi connectivity index (χ0) is 19.7. The van der Waals surface area contributed by atoms with Gasteiger partial charge in [0.15, 0.2) is 11.6 Å². The van der Waals surface area contributed by atoms with Crippen LogP contribution >= 0.6 is 0 Å². The molecule has 1 atom stereocenters. The van der Waals surface area contributed by atoms with Crippen molar-refractivity contribution in [3.05, 3.63) is 40.7 Å². The average Bonchev–Trinajstić information content (AvgIpc) is 3.17. The molecule has 27 heavy (non-hydrogen) atoms. The fraction of sp³-hybridized carbons (Fsp3) is 0.550. The third-order valence-corrected chi connectivity index (χ3v) is 5.64. The van der Waals surface area contributed by atoms with Crippen molar-refractivity contribution in [2.75, 3.05) is 19.6 Å². The fourth-order valence-corrected chi connectivity index (χ4v) is 4.14. The third kappa shape index (κ3) is 3.89. The second kappa shape index (κ2) is 7.78. The Morgan fingerprint density at radius 2 is 2.00 bits per heavy atom. The number of H-pyrrole nitrogens is 1. The number of Topliss-reactive ketones (excluding diaryl/α,β-unsaturated/α-hetero) is 2. The molecule has 2 aromatic heterocycles. The molecule has 1 fully saturated rings. The number of aliphatic hydroxyl groups excluding tert-OH is 1. The van der Waals surface area contributed by atoms with Crippen molar-refractivity contribution in [2.45, 2.75) is 39.7 Å². The molecule has 0 radical (unpaired) electrons. The van der Waals surface area contributed by atoms with Crippen molar-refractivity contribution in [2.24, 2.45) is 13.0 Å². The number of hydrogen-bond acceptors (Lipinski definition) is 5. The van der Waals surface area contributed by atoms with E-state index in [1.54, 1.807) is 6.20 Å². The number of aromatic amines is 1. The van der Waals surface area contributed by atoms with E-state index in [4.69, 9.17) is 0 Å². The lowest BCUT2D eigenvalue weighted by Gasteiger charge is -2.33. The molecule has 2 N–H and O–H groups in total. The van der Waals surface area contributed by atoms with Gasteiger partial charge in [0.05, 0.1) is 12.2 Å². The molecule has 0 spiro atoms. The maximum Gasteiger partial charge on any atom is 0.193 e. The topological polar surface area (TPSA) is 91.2 Å². The quantitative estimate of drug-likeness (QED) is 0.759. The van der Waals surface area contributed by atoms with Gasteiger partial charge in [-0.2, -0.15) is 0 Å². The molecule has 3 heterocycles. The van der Waals surface area contributed by atoms with Gasteiger partial charge in [-0.15, -0.1) is 0 Å². The highest BCUT2D eigenvalue weighted by molar-refractivity contribution is 6.03. The molecule has 3 rings (SSSR count). The first-order valence-corrected chi connectivity index (χ1v) is 9.40. The summed E-state index contributed by atoms with van der Waals surface area (Å²) in [5, 5.41) is 10.6. The van der Waals surface area contributed by atoms with E-state index < -0.39 is 6.10 Å². The van der Waals surface area contributed by atoms with E-state index in [-0.39, 0.29) is 17.5 Å². The third-order valence-electron chi connectivity index (χ3n) is 5.64. The Bertz CT molecular complexity index is 844. The summed E-state index contributed by atoms with van der Waals surface area (Å²) < 4.78 is 1.85. The highest BCUT2D eigenvalue weighted by atomic mass is 16.3. The van der Waals surface area contributed by atoms with Crippen LogP contribution in [0.25, 0.3) is 0 Å². The number of carbonyl (C=O) groups is 2. The number of aliphatic hydroxyl groups is 1. The van der Waals surface area contributed by atoms with Crippen LogP contribution in [0.2, 0.25) is 0 Å². The predicted molar refractivity (Wildman–Crippen MR) is 102 cm³/mol. The van der Waals surface area contributed by atoms with Gasteiger partial charge in [-0.3, -0.25) is 14.5 Å². The van der Waals surface area contributed by atoms with Gasteiger partial charge < -0.3 is 14.7 Å². The molecule has 1 aliphatic heterocycles. The Kier molecular flexibility index (Phi) is 5.62. The molecule has 0 aromatic carbocycles. The van der Waals surface area contributed by atoms with Crippen molar-refractivity contribution in [3.8, 4) is 0 Å². The molecule has 1 saturated heterocycles. The zero-order valence-corrected chi connectivity index (χ0v) is 16.5. The molecule has 2 aromatic rings. The number of rotatable bonds is 6. The summed E-state index contributed by atoms with van der Waals surface area (Å²) in [6, 6.07) is 0. The van der Waals surface area contributed by atoms with Gasteiger partial charge in [0, 0.05) is 30.7 Å². The molecule has 7 nitrogen and oxygen atoms in total. The number of nitrogens with one attached hydrogen (secondary N) is 1. The number of hydrogen-bond donors (Lipinski definition) is 2. The monoisotopic (exact) mass is 372 g/mol. The normalized spacial score (nSPS) is 17.2. The minimum absolute atomic E-state index is 0.00574. The molecule has 0 aliphatic carbocycles. The van der Waals surface area contributed by atoms with Gasteiger partial charge in [-0.25, -0.2) is 4.98 Å². The van der Waals surface area contributed by atoms with Crippen molar-refractivity contribution < 1.29 is 14.7 Å². The standard InChI is InChI=1S/C20H28N4O3/c1-12-17(14(3)25)13(2)22-18(12)16(26)11-24-8-5-15(6-9-24)19(27)20-21-7-10-23(20)4/h7,10,15,19,22,27H,5-6,8-9,11H2,1-4H3. The van der Waals surface area contributed by atoms with E-state index >= 15 is 0 Å². The highest BCUT2D eigenvalue weighted by Crippen LogP contribution is 2.30. The highest BCUT2D eigenvalue weighted by Gasteiger charge is 2.30. The van der Waals surface area contributed by atoms with Gasteiger partial charge in [0.1, 0.15) is 11.9 Å². The first-order chi connectivity index (χ1) is 12.8. The largest absolute Gasteiger partial charge is 0.385 e. The van der Waals surface area contributed by atoms with Gasteiger partial charge in [-0.05, 0) is 58.2 Å². The first-order valence-electron chi connectivity index (χ1n) is 9.40. The van der Waals surface area contributed by atoms with E-state index in [2.05, 4.69) is 14.9 Å². The summed E-state index contributed by atoms with van der Waals surface area (Å²) in [6.45, 7) is 7.01. The number of likely N-dealkylation sites (tertiary alicyclic amines) is 1. The SMILES string of the molecule is CC(=O)c1c(C)[nH]c(C(=O)CN2CCC(C(O)c3nccn3C)CC2)c1C. The van der Waals surface area contributed by atoms with Gasteiger partial charge in [0.25, 0.3) is 0 Å². The first kappa shape index (κ1) is 19.5. The van der Waals surface area contributed by atoms with E-state index in [0.29, 0.717) is 23.6 Å². The van der Waals surface area contributed by atoms with Crippen molar-refractivity contribution in [3.63, 3.8) is 0 Å². The van der Waals surface area contributed by atoms with Crippen molar-refractivity contribution in [1.82, 2.24) is 19.4 Å². The Hall–Kier alpha value is -2.25. The molecule has 0 amide bonds. The lowest BCUT2D eigenvalue weighted by molar-refractivity contribution is 0.0496. The number of carbonyl (C=O) groups excluding carboxylic acids is 2. The summed E-state index contributed by atoms with van der Waals surface area (Å²) in [5.74, 6) is 0.825. The second-order valence-electron chi connectivity index (χ2n) is 7.56. The lowest BCUT2D eigenvalue weighted by Crippen LogP contribution is -2.39. The van der Waals surface area contributed by atoms with E-state index in [0.717, 1.165) is 37.2 Å². The smallest absolute Gasteiger partial charge is 0.193 e. The lowest BCUT2D eigenvalue weighted by atomic mass is 9.90. The maximum absolute atomic E-state index is 12.7. The number of aryl methyl sites for hydroxylation is 2. The van der Waals surface area contributed by atoms with Crippen LogP contribution in [0.1, 0.15) is 63.8 Å². The van der Waals surface area contributed by atoms with Gasteiger partial charge >= 0.3 is 0 Å². The molecule has 146 valence electrons. The van der Waals surface area contributed by atoms with Crippen LogP contribution in [-0.4, -0.2) is 55.7 Å². The summed E-state index contributed by atoms with van der Waals surface area (Å²) in [6.07, 6.45) is 4.60. The molecular weight excluding hydrogens is 344 g/mol. The van der Waals surface area contributed by atoms with Crippen LogP contribution in [0.15, 0.2) is 12.4 Å². The van der Waals surface area contributed by atoms with Gasteiger partial charge in [0.2, 0.25) is 0 Å². The average molecular weight is 372 g/mol. The molecule has 0 bridgehead atoms. The van der Waals surface area contributed by atoms with Gasteiger partial charge in [-0.1, -0.05) is 0 Å². The number of ketones is 2. The van der Waals surface area contributed by atoms with Crippen molar-refractivity contribution >= 4 is 11.6 Å². The van der Waals surface area contributed by atoms with Crippen LogP contribution in [0.4, 0.5) is 0 Å². The number of aromatic nitrogens is 3. The molecule has 0 saturated carbocycles. The zero-order valence-electron chi connectivity index (χ0n) is 16.5. The molecule has 1 aliphatic rings. The Labute approximate surface area is 159 Å². The van der Waals surface area contributed by atoms with Crippen LogP contribution in [0, 0.1) is 19.8 Å². The van der Waals surface area contributed by atoms with E-state index in [9.17, 15) is 14.7 Å². The molecule has 7 heteroatoms. The maximum atomic E-state index is 12.7. The fourth-order valence-electron chi connectivity index (χ4n) is 4.14. The number of piperidine rings is 1. The van der Waals surface area contributed by atoms with Crippen LogP contribution < -0.4 is 0 Å². The van der Waals surface area contributed by atoms with Crippen LogP contribution in [-0.2, 0) is 7.05 Å². The molecule has 1 unspecified atom stereocenters. The van der Waals surface area contributed by atoms with Crippen molar-refractivity contribution in [1.29, 1.82) is 0 Å². The predicted octanol–water partition coefficient (Wildman–Crippen LogP) is 2.20. The molecular formula is C20H28N4O3. The summed E-state index contributed by atoms with van der Waals surface area (Å²) in [4.78, 5) is 33.9. The summed E-state index contributed by atoms with van der Waals surface area (Å²) in [7, 11) is 1.88. The van der Waals surface area contributed by atoms with E-state index in [1.807, 2.05) is 31.7 Å². The Balaban J connectivity index is 1.59. The number of imidazole rings is 1. The minimum Gasteiger partial charge on any atom is -0.385 e. The summed E-state index contributed by atoms with van der Waals surface area (Å²) >= 11 is 0. The number of nitrogens with zero attached hydrogens (tertiary/aromatic N) is 3. The summed E-state index contributed by atoms with van der Waals surface area (Å²) in [5.41, 5.74) is 2.65. The van der Waals surface area contributed by atoms with Crippen LogP contribution in [0.5, 0.6) is 0 Å².